The first-order valence-electron chi connectivity index (χ1n) is 6.84. The quantitative estimate of drug-likeness (QED) is 0.803. The molecule has 0 radical (unpaired) electrons. The zero-order chi connectivity index (χ0) is 16.2. The summed E-state index contributed by atoms with van der Waals surface area (Å²) >= 11 is 3.32. The maximum absolute atomic E-state index is 12.8. The third-order valence-corrected chi connectivity index (χ3v) is 6.95. The Hall–Kier alpha value is -1.16. The van der Waals surface area contributed by atoms with Crippen LogP contribution in [0.1, 0.15) is 6.42 Å². The minimum absolute atomic E-state index is 0.127. The molecule has 3 rings (SSSR count). The topological polar surface area (TPSA) is 90.3 Å². The van der Waals surface area contributed by atoms with E-state index in [0.717, 1.165) is 0 Å². The molecule has 2 heterocycles. The average molecular weight is 389 g/mol. The van der Waals surface area contributed by atoms with Crippen molar-refractivity contribution in [2.45, 2.75) is 17.4 Å². The largest absolute Gasteiger partial charge is 0.328 e. The molecule has 7 nitrogen and oxygen atoms in total. The van der Waals surface area contributed by atoms with Crippen molar-refractivity contribution < 1.29 is 8.42 Å². The normalized spacial score (nSPS) is 20.1. The first kappa shape index (κ1) is 15.7. The van der Waals surface area contributed by atoms with Crippen LogP contribution in [0.25, 0.3) is 11.0 Å². The summed E-state index contributed by atoms with van der Waals surface area (Å²) in [5, 5.41) is 0. The van der Waals surface area contributed by atoms with Gasteiger partial charge in [-0.3, -0.25) is 9.13 Å². The van der Waals surface area contributed by atoms with Crippen molar-refractivity contribution in [3.8, 4) is 0 Å². The Kier molecular flexibility index (Phi) is 3.71. The summed E-state index contributed by atoms with van der Waals surface area (Å²) in [6.45, 7) is 0.738. The number of hydrogen-bond donors (Lipinski definition) is 1. The van der Waals surface area contributed by atoms with Crippen molar-refractivity contribution in [1.82, 2.24) is 13.4 Å². The molecular weight excluding hydrogens is 372 g/mol. The van der Waals surface area contributed by atoms with Crippen LogP contribution in [0.4, 0.5) is 0 Å². The number of fused-ring (bicyclic) bond motifs is 1. The maximum atomic E-state index is 12.8. The highest BCUT2D eigenvalue weighted by Crippen LogP contribution is 2.30. The lowest BCUT2D eigenvalue weighted by Gasteiger charge is -2.17. The Morgan fingerprint density at radius 1 is 1.23 bits per heavy atom. The molecule has 0 saturated carbocycles. The van der Waals surface area contributed by atoms with E-state index in [1.54, 1.807) is 26.2 Å². The van der Waals surface area contributed by atoms with Crippen LogP contribution in [0, 0.1) is 0 Å². The van der Waals surface area contributed by atoms with Gasteiger partial charge < -0.3 is 5.73 Å². The van der Waals surface area contributed by atoms with E-state index in [4.69, 9.17) is 5.73 Å². The smallest absolute Gasteiger partial charge is 0.326 e. The van der Waals surface area contributed by atoms with Gasteiger partial charge in [0.05, 0.1) is 15.9 Å². The standard InChI is InChI=1S/C13H17BrN4O3S/c1-16-10-5-9(14)12(6-11(10)17(2)13(16)19)22(20,21)18-4-3-8(15)7-18/h5-6,8H,3-4,7,15H2,1-2H3/t8-/m1/s1. The molecule has 0 bridgehead atoms. The molecular formula is C13H17BrN4O3S. The van der Waals surface area contributed by atoms with Gasteiger partial charge in [0.1, 0.15) is 0 Å². The molecule has 1 aromatic heterocycles. The van der Waals surface area contributed by atoms with Crippen molar-refractivity contribution in [3.63, 3.8) is 0 Å². The van der Waals surface area contributed by atoms with Crippen LogP contribution in [0.5, 0.6) is 0 Å². The maximum Gasteiger partial charge on any atom is 0.328 e. The van der Waals surface area contributed by atoms with Crippen molar-refractivity contribution in [2.75, 3.05) is 13.1 Å². The summed E-state index contributed by atoms with van der Waals surface area (Å²) in [5.41, 5.74) is 6.87. The van der Waals surface area contributed by atoms with Gasteiger partial charge in [0.25, 0.3) is 0 Å². The van der Waals surface area contributed by atoms with Crippen LogP contribution in [0.2, 0.25) is 0 Å². The van der Waals surface area contributed by atoms with Crippen molar-refractivity contribution in [1.29, 1.82) is 0 Å². The molecule has 120 valence electrons. The molecule has 0 spiro atoms. The molecule has 1 aliphatic rings. The van der Waals surface area contributed by atoms with Crippen LogP contribution in [-0.2, 0) is 24.1 Å². The number of aryl methyl sites for hydroxylation is 2. The van der Waals surface area contributed by atoms with E-state index in [1.807, 2.05) is 0 Å². The van der Waals surface area contributed by atoms with Crippen molar-refractivity contribution in [2.24, 2.45) is 19.8 Å². The van der Waals surface area contributed by atoms with E-state index in [1.165, 1.54) is 13.4 Å². The number of aromatic nitrogens is 2. The zero-order valence-electron chi connectivity index (χ0n) is 12.3. The van der Waals surface area contributed by atoms with Gasteiger partial charge >= 0.3 is 5.69 Å². The lowest BCUT2D eigenvalue weighted by molar-refractivity contribution is 0.472. The molecule has 0 aliphatic carbocycles. The second kappa shape index (κ2) is 5.19. The van der Waals surface area contributed by atoms with E-state index in [0.29, 0.717) is 35.0 Å². The predicted octanol–water partition coefficient (Wildman–Crippen LogP) is 0.361. The minimum Gasteiger partial charge on any atom is -0.326 e. The second-order valence-electron chi connectivity index (χ2n) is 5.58. The highest BCUT2D eigenvalue weighted by atomic mass is 79.9. The Balaban J connectivity index is 2.21. The minimum atomic E-state index is -3.63. The van der Waals surface area contributed by atoms with Crippen LogP contribution in [0.3, 0.4) is 0 Å². The monoisotopic (exact) mass is 388 g/mol. The first-order chi connectivity index (χ1) is 10.2. The first-order valence-corrected chi connectivity index (χ1v) is 9.07. The fourth-order valence-corrected chi connectivity index (χ4v) is 5.33. The Bertz CT molecular complexity index is 915. The van der Waals surface area contributed by atoms with Gasteiger partial charge in [-0.2, -0.15) is 4.31 Å². The van der Waals surface area contributed by atoms with Crippen LogP contribution in [0.15, 0.2) is 26.3 Å². The fraction of sp³-hybridized carbons (Fsp3) is 0.462. The number of sulfonamides is 1. The molecule has 1 atom stereocenters. The SMILES string of the molecule is Cn1c(=O)n(C)c2cc(S(=O)(=O)N3CC[C@@H](N)C3)c(Br)cc21. The number of hydrogen-bond acceptors (Lipinski definition) is 4. The molecule has 0 unspecified atom stereocenters. The van der Waals surface area contributed by atoms with E-state index < -0.39 is 10.0 Å². The predicted molar refractivity (Wildman–Crippen MR) is 87.2 cm³/mol. The van der Waals surface area contributed by atoms with E-state index in [-0.39, 0.29) is 16.6 Å². The van der Waals surface area contributed by atoms with Gasteiger partial charge in [-0.15, -0.1) is 0 Å². The Morgan fingerprint density at radius 2 is 1.82 bits per heavy atom. The molecule has 22 heavy (non-hydrogen) atoms. The number of imidazole rings is 1. The zero-order valence-corrected chi connectivity index (χ0v) is 14.7. The summed E-state index contributed by atoms with van der Waals surface area (Å²) in [4.78, 5) is 12.2. The summed E-state index contributed by atoms with van der Waals surface area (Å²) < 4.78 is 30.4. The molecule has 2 aromatic rings. The Morgan fingerprint density at radius 3 is 2.36 bits per heavy atom. The molecule has 1 aromatic carbocycles. The molecule has 1 saturated heterocycles. The third kappa shape index (κ3) is 2.23. The van der Waals surface area contributed by atoms with E-state index in [9.17, 15) is 13.2 Å². The number of halogens is 1. The van der Waals surface area contributed by atoms with Gasteiger partial charge in [-0.1, -0.05) is 0 Å². The van der Waals surface area contributed by atoms with Crippen molar-refractivity contribution in [3.05, 3.63) is 27.1 Å². The summed E-state index contributed by atoms with van der Waals surface area (Å²) in [6, 6.07) is 3.08. The highest BCUT2D eigenvalue weighted by molar-refractivity contribution is 9.10. The van der Waals surface area contributed by atoms with E-state index in [2.05, 4.69) is 15.9 Å². The molecule has 9 heteroatoms. The molecule has 1 aliphatic heterocycles. The summed E-state index contributed by atoms with van der Waals surface area (Å²) in [5.74, 6) is 0. The van der Waals surface area contributed by atoms with Gasteiger partial charge in [0.2, 0.25) is 10.0 Å². The number of rotatable bonds is 2. The van der Waals surface area contributed by atoms with Gasteiger partial charge in [0, 0.05) is 37.7 Å². The summed E-state index contributed by atoms with van der Waals surface area (Å²) in [6.07, 6.45) is 0.656. The molecule has 0 amide bonds. The second-order valence-corrected chi connectivity index (χ2v) is 8.34. The highest BCUT2D eigenvalue weighted by Gasteiger charge is 2.32. The Labute approximate surface area is 136 Å². The lowest BCUT2D eigenvalue weighted by atomic mass is 10.3. The van der Waals surface area contributed by atoms with Gasteiger partial charge in [-0.05, 0) is 34.5 Å². The van der Waals surface area contributed by atoms with Crippen LogP contribution in [-0.4, -0.2) is 41.0 Å². The fourth-order valence-electron chi connectivity index (χ4n) is 2.81. The van der Waals surface area contributed by atoms with Gasteiger partial charge in [-0.25, -0.2) is 13.2 Å². The van der Waals surface area contributed by atoms with Crippen LogP contribution >= 0.6 is 15.9 Å². The van der Waals surface area contributed by atoms with Crippen LogP contribution < -0.4 is 11.4 Å². The molecule has 2 N–H and O–H groups in total. The van der Waals surface area contributed by atoms with E-state index >= 15 is 0 Å². The lowest BCUT2D eigenvalue weighted by Crippen LogP contribution is -2.32. The third-order valence-electron chi connectivity index (χ3n) is 4.13. The average Bonchev–Trinajstić information content (AvgIpc) is 2.98. The number of nitrogens with zero attached hydrogens (tertiary/aromatic N) is 3. The summed E-state index contributed by atoms with van der Waals surface area (Å²) in [7, 11) is -0.349. The number of nitrogens with two attached hydrogens (primary N) is 1. The molecule has 1 fully saturated rings. The number of benzene rings is 1. The van der Waals surface area contributed by atoms with Crippen molar-refractivity contribution >= 4 is 37.0 Å². The van der Waals surface area contributed by atoms with Gasteiger partial charge in [0.15, 0.2) is 0 Å².